The van der Waals surface area contributed by atoms with Gasteiger partial charge in [-0.3, -0.25) is 0 Å². The first-order valence-corrected chi connectivity index (χ1v) is 20.4. The van der Waals surface area contributed by atoms with Crippen molar-refractivity contribution in [2.45, 2.75) is 5.41 Å². The van der Waals surface area contributed by atoms with Crippen molar-refractivity contribution in [1.82, 2.24) is 0 Å². The average molecular weight is 744 g/mol. The molecule has 1 aliphatic carbocycles. The van der Waals surface area contributed by atoms with Crippen molar-refractivity contribution in [3.63, 3.8) is 0 Å². The molecule has 10 aromatic rings. The number of fused-ring (bicyclic) bond motifs is 6. The largest absolute Gasteiger partial charge is 0.308 e. The van der Waals surface area contributed by atoms with Crippen LogP contribution in [0.2, 0.25) is 0 Å². The van der Waals surface area contributed by atoms with Gasteiger partial charge in [-0.05, 0) is 80.4 Å². The van der Waals surface area contributed by atoms with E-state index in [-0.39, 0.29) is 0 Å². The first kappa shape index (κ1) is 33.3. The fourth-order valence-electron chi connectivity index (χ4n) is 9.37. The zero-order chi connectivity index (χ0) is 37.8. The molecular weight excluding hydrogens is 707 g/mol. The number of thiophene rings is 1. The summed E-state index contributed by atoms with van der Waals surface area (Å²) >= 11 is 1.87. The zero-order valence-corrected chi connectivity index (χ0v) is 32.0. The van der Waals surface area contributed by atoms with Gasteiger partial charge in [-0.15, -0.1) is 11.3 Å². The molecule has 0 N–H and O–H groups in total. The predicted molar refractivity (Wildman–Crippen MR) is 242 cm³/mol. The van der Waals surface area contributed by atoms with Crippen molar-refractivity contribution in [3.05, 3.63) is 247 Å². The minimum absolute atomic E-state index is 0.515. The first-order chi connectivity index (χ1) is 28.3. The van der Waals surface area contributed by atoms with E-state index in [9.17, 15) is 0 Å². The van der Waals surface area contributed by atoms with Gasteiger partial charge in [-0.1, -0.05) is 194 Å². The highest BCUT2D eigenvalue weighted by Crippen LogP contribution is 2.58. The molecule has 0 bridgehead atoms. The molecule has 1 heterocycles. The Morgan fingerprint density at radius 1 is 0.351 bits per heavy atom. The molecule has 268 valence electrons. The van der Waals surface area contributed by atoms with Gasteiger partial charge in [0, 0.05) is 26.7 Å². The molecule has 1 nitrogen and oxygen atoms in total. The van der Waals surface area contributed by atoms with Crippen molar-refractivity contribution in [3.8, 4) is 33.4 Å². The molecule has 0 amide bonds. The van der Waals surface area contributed by atoms with E-state index in [0.29, 0.717) is 0 Å². The summed E-state index contributed by atoms with van der Waals surface area (Å²) in [5.74, 6) is 0. The number of nitrogens with zero attached hydrogens (tertiary/aromatic N) is 1. The Hall–Kier alpha value is -7.00. The van der Waals surface area contributed by atoms with Crippen LogP contribution < -0.4 is 4.90 Å². The molecule has 0 saturated heterocycles. The van der Waals surface area contributed by atoms with E-state index in [1.54, 1.807) is 0 Å². The van der Waals surface area contributed by atoms with Gasteiger partial charge in [0.15, 0.2) is 0 Å². The summed E-state index contributed by atoms with van der Waals surface area (Å²) in [5.41, 5.74) is 15.3. The number of hydrogen-bond donors (Lipinski definition) is 0. The van der Waals surface area contributed by atoms with Crippen molar-refractivity contribution < 1.29 is 0 Å². The molecule has 57 heavy (non-hydrogen) atoms. The lowest BCUT2D eigenvalue weighted by molar-refractivity contribution is 0.768. The van der Waals surface area contributed by atoms with E-state index in [1.165, 1.54) is 81.5 Å². The minimum atomic E-state index is -0.515. The second-order valence-electron chi connectivity index (χ2n) is 14.8. The Morgan fingerprint density at radius 2 is 0.895 bits per heavy atom. The minimum Gasteiger partial charge on any atom is -0.308 e. The summed E-state index contributed by atoms with van der Waals surface area (Å²) in [6.07, 6.45) is 0. The van der Waals surface area contributed by atoms with Crippen molar-refractivity contribution in [2.75, 3.05) is 4.90 Å². The highest BCUT2D eigenvalue weighted by Gasteiger charge is 2.46. The third-order valence-electron chi connectivity index (χ3n) is 11.8. The normalized spacial score (nSPS) is 12.7. The van der Waals surface area contributed by atoms with E-state index in [0.717, 1.165) is 11.4 Å². The van der Waals surface area contributed by atoms with Crippen LogP contribution in [0.4, 0.5) is 17.1 Å². The van der Waals surface area contributed by atoms with Gasteiger partial charge >= 0.3 is 0 Å². The van der Waals surface area contributed by atoms with Crippen LogP contribution in [0.25, 0.3) is 53.6 Å². The second kappa shape index (κ2) is 13.6. The van der Waals surface area contributed by atoms with Crippen molar-refractivity contribution >= 4 is 48.6 Å². The SMILES string of the molecule is c1ccc(-c2ccccc2-c2ccccc2N(c2ccc3c(c2)C(c2ccccc2)(c2ccccc2)c2ccccc2-3)c2cccc3c2sc2ccccc23)cc1. The summed E-state index contributed by atoms with van der Waals surface area (Å²) in [6, 6.07) is 82.5. The molecule has 9 aromatic carbocycles. The lowest BCUT2D eigenvalue weighted by atomic mass is 9.67. The maximum absolute atomic E-state index is 2.53. The summed E-state index contributed by atoms with van der Waals surface area (Å²) in [4.78, 5) is 2.53. The Bertz CT molecular complexity index is 3030. The zero-order valence-electron chi connectivity index (χ0n) is 31.2. The van der Waals surface area contributed by atoms with Crippen LogP contribution >= 0.6 is 11.3 Å². The molecule has 1 aromatic heterocycles. The van der Waals surface area contributed by atoms with Crippen LogP contribution in [0.5, 0.6) is 0 Å². The van der Waals surface area contributed by atoms with Gasteiger partial charge in [0.1, 0.15) is 0 Å². The van der Waals surface area contributed by atoms with Gasteiger partial charge in [0.2, 0.25) is 0 Å². The summed E-state index contributed by atoms with van der Waals surface area (Å²) in [6.45, 7) is 0. The summed E-state index contributed by atoms with van der Waals surface area (Å²) in [5, 5.41) is 2.57. The highest BCUT2D eigenvalue weighted by atomic mass is 32.1. The summed E-state index contributed by atoms with van der Waals surface area (Å²) < 4.78 is 2.56. The van der Waals surface area contributed by atoms with E-state index >= 15 is 0 Å². The Labute approximate surface area is 337 Å². The first-order valence-electron chi connectivity index (χ1n) is 19.6. The fraction of sp³-hybridized carbons (Fsp3) is 0.0182. The molecule has 11 rings (SSSR count). The van der Waals surface area contributed by atoms with Gasteiger partial charge in [-0.2, -0.15) is 0 Å². The quantitative estimate of drug-likeness (QED) is 0.157. The van der Waals surface area contributed by atoms with Crippen LogP contribution in [0.1, 0.15) is 22.3 Å². The second-order valence-corrected chi connectivity index (χ2v) is 15.8. The smallest absolute Gasteiger partial charge is 0.0714 e. The van der Waals surface area contributed by atoms with E-state index in [2.05, 4.69) is 229 Å². The highest BCUT2D eigenvalue weighted by molar-refractivity contribution is 7.26. The average Bonchev–Trinajstić information content (AvgIpc) is 3.82. The molecule has 1 aliphatic rings. The van der Waals surface area contributed by atoms with Gasteiger partial charge in [0.05, 0.1) is 21.5 Å². The number of anilines is 3. The van der Waals surface area contributed by atoms with Gasteiger partial charge < -0.3 is 4.90 Å². The number of hydrogen-bond acceptors (Lipinski definition) is 2. The molecule has 0 radical (unpaired) electrons. The standard InChI is InChI=1S/C55H37NS/c1-4-19-38(20-5-1)42-25-10-11-26-43(42)46-28-13-16-32-51(46)56(52-33-18-30-48-47-29-14-17-34-53(47)57-54(48)52)41-35-36-45-44-27-12-15-31-49(44)55(50(45)37-41,39-21-6-2-7-22-39)40-23-8-3-9-24-40/h1-37H. The Balaban J connectivity index is 1.23. The third kappa shape index (κ3) is 5.22. The third-order valence-corrected chi connectivity index (χ3v) is 13.0. The Kier molecular flexibility index (Phi) is 7.98. The van der Waals surface area contributed by atoms with E-state index in [4.69, 9.17) is 0 Å². The van der Waals surface area contributed by atoms with Crippen molar-refractivity contribution in [2.24, 2.45) is 0 Å². The fourth-order valence-corrected chi connectivity index (χ4v) is 10.6. The van der Waals surface area contributed by atoms with Crippen LogP contribution in [0.15, 0.2) is 224 Å². The van der Waals surface area contributed by atoms with E-state index in [1.807, 2.05) is 11.3 Å². The van der Waals surface area contributed by atoms with Crippen molar-refractivity contribution in [1.29, 1.82) is 0 Å². The molecule has 0 saturated carbocycles. The monoisotopic (exact) mass is 743 g/mol. The molecule has 0 atom stereocenters. The topological polar surface area (TPSA) is 3.24 Å². The van der Waals surface area contributed by atoms with Crippen LogP contribution in [-0.2, 0) is 5.41 Å². The van der Waals surface area contributed by atoms with Gasteiger partial charge in [0.25, 0.3) is 0 Å². The molecule has 0 aliphatic heterocycles. The van der Waals surface area contributed by atoms with Crippen LogP contribution in [0, 0.1) is 0 Å². The van der Waals surface area contributed by atoms with Crippen LogP contribution in [-0.4, -0.2) is 0 Å². The number of rotatable bonds is 7. The predicted octanol–water partition coefficient (Wildman–Crippen LogP) is 15.2. The summed E-state index contributed by atoms with van der Waals surface area (Å²) in [7, 11) is 0. The lowest BCUT2D eigenvalue weighted by Gasteiger charge is -2.35. The molecule has 0 fully saturated rings. The molecule has 0 unspecified atom stereocenters. The lowest BCUT2D eigenvalue weighted by Crippen LogP contribution is -2.28. The van der Waals surface area contributed by atoms with Crippen LogP contribution in [0.3, 0.4) is 0 Å². The van der Waals surface area contributed by atoms with E-state index < -0.39 is 5.41 Å². The maximum Gasteiger partial charge on any atom is 0.0714 e. The Morgan fingerprint density at radius 3 is 1.65 bits per heavy atom. The molecule has 0 spiro atoms. The molecular formula is C55H37NS. The number of benzene rings is 9. The van der Waals surface area contributed by atoms with Gasteiger partial charge in [-0.25, -0.2) is 0 Å². The number of para-hydroxylation sites is 1. The molecule has 2 heteroatoms. The maximum atomic E-state index is 2.53.